The highest BCUT2D eigenvalue weighted by molar-refractivity contribution is 6.33. The molecule has 11 heteroatoms. The Morgan fingerprint density at radius 2 is 2.21 bits per heavy atom. The Kier molecular flexibility index (Phi) is 7.77. The zero-order valence-corrected chi connectivity index (χ0v) is 17.3. The minimum atomic E-state index is -0.892. The third kappa shape index (κ3) is 6.55. The number of pyridine rings is 1. The van der Waals surface area contributed by atoms with E-state index in [1.807, 2.05) is 20.8 Å². The molecule has 3 rings (SSSR count). The number of amides is 2. The molecular weight excluding hydrogens is 404 g/mol. The van der Waals surface area contributed by atoms with Crippen LogP contribution in [0.3, 0.4) is 0 Å². The first kappa shape index (κ1) is 22.9. The smallest absolute Gasteiger partial charge is 0.407 e. The van der Waals surface area contributed by atoms with Gasteiger partial charge < -0.3 is 30.1 Å². The summed E-state index contributed by atoms with van der Waals surface area (Å²) in [5, 5.41) is 14.9. The molecule has 0 bridgehead atoms. The second-order valence-corrected chi connectivity index (χ2v) is 7.83. The Hall–Kier alpha value is -2.43. The van der Waals surface area contributed by atoms with Gasteiger partial charge in [0.25, 0.3) is 5.91 Å². The number of ether oxygens (including phenoxy) is 2. The number of nitrogens with one attached hydrogen (secondary N) is 2. The predicted octanol–water partition coefficient (Wildman–Crippen LogP) is 1.63. The highest BCUT2D eigenvalue weighted by atomic mass is 35.5. The largest absolute Gasteiger partial charge is 0.480 e. The standard InChI is InChI=1S/C10H20N2O3.C8H5ClN2O3/c1-10(2,3)12(9(13)14)7-8-6-11-4-5-15-8;9-4-1-6-8(10-5(4)2-12)11-7(13)3-14-6/h8,11H,4-7H2,1-3H3,(H,13,14);1-2H,3H2,(H,10,11,13)/t8-;/m1./s1. The molecule has 1 fully saturated rings. The summed E-state index contributed by atoms with van der Waals surface area (Å²) in [5.41, 5.74) is -0.302. The third-order valence-corrected chi connectivity index (χ3v) is 4.43. The number of halogens is 1. The van der Waals surface area contributed by atoms with Crippen LogP contribution in [-0.2, 0) is 9.53 Å². The molecule has 1 saturated heterocycles. The molecule has 0 unspecified atom stereocenters. The summed E-state index contributed by atoms with van der Waals surface area (Å²) in [5.74, 6) is 0.303. The lowest BCUT2D eigenvalue weighted by molar-refractivity contribution is -0.118. The highest BCUT2D eigenvalue weighted by Gasteiger charge is 2.29. The van der Waals surface area contributed by atoms with Gasteiger partial charge in [-0.05, 0) is 20.8 Å². The van der Waals surface area contributed by atoms with Crippen LogP contribution in [0.2, 0.25) is 5.02 Å². The molecule has 3 N–H and O–H groups in total. The molecule has 0 aromatic carbocycles. The topological polar surface area (TPSA) is 130 Å². The van der Waals surface area contributed by atoms with Crippen LogP contribution in [0.4, 0.5) is 10.6 Å². The molecule has 2 aliphatic heterocycles. The maximum absolute atomic E-state index is 11.1. The molecular formula is C18H25ClN4O6. The zero-order chi connectivity index (χ0) is 21.6. The van der Waals surface area contributed by atoms with Crippen molar-refractivity contribution in [3.05, 3.63) is 16.8 Å². The van der Waals surface area contributed by atoms with Crippen molar-refractivity contribution in [2.24, 2.45) is 0 Å². The van der Waals surface area contributed by atoms with E-state index in [-0.39, 0.29) is 40.7 Å². The van der Waals surface area contributed by atoms with Crippen molar-refractivity contribution in [1.29, 1.82) is 0 Å². The fourth-order valence-electron chi connectivity index (χ4n) is 2.66. The van der Waals surface area contributed by atoms with Crippen LogP contribution in [0.5, 0.6) is 5.75 Å². The Bertz CT molecular complexity index is 761. The first-order chi connectivity index (χ1) is 13.6. The van der Waals surface area contributed by atoms with Gasteiger partial charge in [0.2, 0.25) is 0 Å². The number of aldehydes is 1. The van der Waals surface area contributed by atoms with Crippen LogP contribution in [0.25, 0.3) is 0 Å². The van der Waals surface area contributed by atoms with E-state index in [0.29, 0.717) is 25.2 Å². The summed E-state index contributed by atoms with van der Waals surface area (Å²) in [7, 11) is 0. The van der Waals surface area contributed by atoms with E-state index in [2.05, 4.69) is 15.6 Å². The van der Waals surface area contributed by atoms with E-state index in [1.54, 1.807) is 0 Å². The molecule has 0 aliphatic carbocycles. The van der Waals surface area contributed by atoms with Gasteiger partial charge in [0, 0.05) is 24.7 Å². The lowest BCUT2D eigenvalue weighted by atomic mass is 10.1. The molecule has 160 valence electrons. The average molecular weight is 429 g/mol. The molecule has 29 heavy (non-hydrogen) atoms. The Morgan fingerprint density at radius 3 is 2.76 bits per heavy atom. The fraction of sp³-hybridized carbons (Fsp3) is 0.556. The van der Waals surface area contributed by atoms with Crippen LogP contribution in [0.15, 0.2) is 6.07 Å². The molecule has 0 radical (unpaired) electrons. The Morgan fingerprint density at radius 1 is 1.48 bits per heavy atom. The molecule has 0 spiro atoms. The van der Waals surface area contributed by atoms with Gasteiger partial charge >= 0.3 is 6.09 Å². The van der Waals surface area contributed by atoms with Crippen molar-refractivity contribution in [2.45, 2.75) is 32.4 Å². The number of rotatable bonds is 3. The quantitative estimate of drug-likeness (QED) is 0.619. The zero-order valence-electron chi connectivity index (χ0n) is 16.5. The molecule has 0 saturated carbocycles. The summed E-state index contributed by atoms with van der Waals surface area (Å²) in [6.07, 6.45) is -0.408. The van der Waals surface area contributed by atoms with E-state index >= 15 is 0 Å². The lowest BCUT2D eigenvalue weighted by Gasteiger charge is -2.36. The monoisotopic (exact) mass is 428 g/mol. The Balaban J connectivity index is 0.000000207. The van der Waals surface area contributed by atoms with Gasteiger partial charge in [-0.15, -0.1) is 0 Å². The number of hydrogen-bond acceptors (Lipinski definition) is 7. The van der Waals surface area contributed by atoms with Crippen LogP contribution in [0, 0.1) is 0 Å². The second kappa shape index (κ2) is 9.86. The van der Waals surface area contributed by atoms with Gasteiger partial charge in [-0.2, -0.15) is 0 Å². The number of nitrogens with zero attached hydrogens (tertiary/aromatic N) is 2. The van der Waals surface area contributed by atoms with Gasteiger partial charge in [-0.3, -0.25) is 9.59 Å². The number of anilines is 1. The summed E-state index contributed by atoms with van der Waals surface area (Å²) >= 11 is 5.71. The van der Waals surface area contributed by atoms with Gasteiger partial charge in [0.15, 0.2) is 24.5 Å². The maximum Gasteiger partial charge on any atom is 0.407 e. The number of carbonyl (C=O) groups is 3. The number of carboxylic acid groups (broad SMARTS) is 1. The molecule has 2 amide bonds. The summed E-state index contributed by atoms with van der Waals surface area (Å²) in [4.78, 5) is 37.7. The maximum atomic E-state index is 11.1. The number of aromatic nitrogens is 1. The van der Waals surface area contributed by atoms with Crippen molar-refractivity contribution in [3.8, 4) is 5.75 Å². The van der Waals surface area contributed by atoms with Crippen LogP contribution in [0.1, 0.15) is 31.3 Å². The van der Waals surface area contributed by atoms with Gasteiger partial charge in [-0.25, -0.2) is 9.78 Å². The van der Waals surface area contributed by atoms with E-state index in [1.165, 1.54) is 11.0 Å². The van der Waals surface area contributed by atoms with Crippen molar-refractivity contribution in [3.63, 3.8) is 0 Å². The first-order valence-electron chi connectivity index (χ1n) is 9.03. The summed E-state index contributed by atoms with van der Waals surface area (Å²) in [6, 6.07) is 1.45. The van der Waals surface area contributed by atoms with Crippen molar-refractivity contribution >= 4 is 35.7 Å². The number of fused-ring (bicyclic) bond motifs is 1. The minimum absolute atomic E-state index is 0.0333. The van der Waals surface area contributed by atoms with E-state index in [9.17, 15) is 14.4 Å². The molecule has 1 atom stereocenters. The van der Waals surface area contributed by atoms with Gasteiger partial charge in [-0.1, -0.05) is 11.6 Å². The average Bonchev–Trinajstić information content (AvgIpc) is 2.66. The van der Waals surface area contributed by atoms with Crippen LogP contribution < -0.4 is 15.4 Å². The predicted molar refractivity (Wildman–Crippen MR) is 106 cm³/mol. The molecule has 1 aromatic heterocycles. The van der Waals surface area contributed by atoms with E-state index < -0.39 is 6.09 Å². The molecule has 10 nitrogen and oxygen atoms in total. The van der Waals surface area contributed by atoms with E-state index in [0.717, 1.165) is 13.1 Å². The lowest BCUT2D eigenvalue weighted by Crippen LogP contribution is -2.52. The summed E-state index contributed by atoms with van der Waals surface area (Å²) < 4.78 is 10.5. The number of hydrogen-bond donors (Lipinski definition) is 3. The fourth-order valence-corrected chi connectivity index (χ4v) is 2.85. The Labute approximate surface area is 173 Å². The van der Waals surface area contributed by atoms with Gasteiger partial charge in [0.05, 0.1) is 24.3 Å². The SMILES string of the molecule is CC(C)(C)N(C[C@H]1CNCCO1)C(=O)O.O=Cc1nc2c(cc1Cl)OCC(=O)N2. The molecule has 2 aliphatic rings. The summed E-state index contributed by atoms with van der Waals surface area (Å²) in [6.45, 7) is 8.24. The van der Waals surface area contributed by atoms with Gasteiger partial charge in [0.1, 0.15) is 5.69 Å². The van der Waals surface area contributed by atoms with Crippen molar-refractivity contribution in [1.82, 2.24) is 15.2 Å². The van der Waals surface area contributed by atoms with Crippen molar-refractivity contribution in [2.75, 3.05) is 38.2 Å². The molecule has 1 aromatic rings. The highest BCUT2D eigenvalue weighted by Crippen LogP contribution is 2.29. The minimum Gasteiger partial charge on any atom is -0.480 e. The van der Waals surface area contributed by atoms with Crippen LogP contribution >= 0.6 is 11.6 Å². The third-order valence-electron chi connectivity index (χ3n) is 4.13. The van der Waals surface area contributed by atoms with Crippen LogP contribution in [-0.4, -0.2) is 77.8 Å². The van der Waals surface area contributed by atoms with Crippen molar-refractivity contribution < 1.29 is 29.0 Å². The first-order valence-corrected chi connectivity index (χ1v) is 9.41. The number of carbonyl (C=O) groups excluding carboxylic acids is 2. The molecule has 3 heterocycles. The van der Waals surface area contributed by atoms with E-state index in [4.69, 9.17) is 26.2 Å². The number of morpholine rings is 1. The normalized spacial score (nSPS) is 18.3. The second-order valence-electron chi connectivity index (χ2n) is 7.42.